The molecule has 0 aromatic carbocycles. The number of thioether (sulfide) groups is 1. The van der Waals surface area contributed by atoms with Gasteiger partial charge in [-0.05, 0) is 13.3 Å². The summed E-state index contributed by atoms with van der Waals surface area (Å²) in [5, 5.41) is 0.652. The smallest absolute Gasteiger partial charge is 0.332 e. The molecule has 0 spiro atoms. The highest BCUT2D eigenvalue weighted by Gasteiger charge is 2.18. The summed E-state index contributed by atoms with van der Waals surface area (Å²) >= 11 is 1.13. The molecule has 0 saturated heterocycles. The maximum atomic E-state index is 12.6. The lowest BCUT2D eigenvalue weighted by Gasteiger charge is -2.11. The van der Waals surface area contributed by atoms with Crippen molar-refractivity contribution in [3.05, 3.63) is 26.7 Å². The zero-order valence-corrected chi connectivity index (χ0v) is 15.7. The number of carbonyl (C=O) groups excluding carboxylic acids is 1. The summed E-state index contributed by atoms with van der Waals surface area (Å²) < 4.78 is 7.28. The fourth-order valence-electron chi connectivity index (χ4n) is 2.35. The lowest BCUT2D eigenvalue weighted by Crippen LogP contribution is -2.38. The number of aromatic nitrogens is 4. The van der Waals surface area contributed by atoms with E-state index >= 15 is 0 Å². The van der Waals surface area contributed by atoms with E-state index in [0.717, 1.165) is 29.2 Å². The van der Waals surface area contributed by atoms with Gasteiger partial charge < -0.3 is 4.74 Å². The summed E-state index contributed by atoms with van der Waals surface area (Å²) in [4.78, 5) is 45.3. The van der Waals surface area contributed by atoms with Crippen molar-refractivity contribution in [1.29, 1.82) is 0 Å². The highest BCUT2D eigenvalue weighted by atomic mass is 32.2. The van der Waals surface area contributed by atoms with Crippen LogP contribution in [-0.2, 0) is 30.0 Å². The van der Waals surface area contributed by atoms with Crippen LogP contribution in [-0.4, -0.2) is 37.4 Å². The van der Waals surface area contributed by atoms with Crippen LogP contribution in [0.15, 0.2) is 14.6 Å². The molecule has 2 aromatic heterocycles. The molecule has 0 amide bonds. The molecule has 25 heavy (non-hydrogen) atoms. The molecule has 0 saturated carbocycles. The molecule has 9 heteroatoms. The molecule has 0 fully saturated rings. The van der Waals surface area contributed by atoms with Crippen LogP contribution in [0.3, 0.4) is 0 Å². The third kappa shape index (κ3) is 4.09. The lowest BCUT2D eigenvalue weighted by atomic mass is 10.2. The summed E-state index contributed by atoms with van der Waals surface area (Å²) in [6.07, 6.45) is 2.51. The Morgan fingerprint density at radius 3 is 2.52 bits per heavy atom. The predicted molar refractivity (Wildman–Crippen MR) is 96.0 cm³/mol. The van der Waals surface area contributed by atoms with E-state index in [4.69, 9.17) is 4.74 Å². The Morgan fingerprint density at radius 1 is 1.16 bits per heavy atom. The summed E-state index contributed by atoms with van der Waals surface area (Å²) in [5.74, 6) is 0.221. The number of unbranched alkanes of at least 4 members (excludes halogenated alkanes) is 1. The number of fused-ring (bicyclic) bond motifs is 1. The van der Waals surface area contributed by atoms with Crippen LogP contribution in [0.25, 0.3) is 11.0 Å². The maximum Gasteiger partial charge on any atom is 0.332 e. The number of esters is 1. The van der Waals surface area contributed by atoms with Crippen molar-refractivity contribution in [1.82, 2.24) is 19.1 Å². The molecule has 2 heterocycles. The highest BCUT2D eigenvalue weighted by Crippen LogP contribution is 2.22. The minimum atomic E-state index is -0.466. The van der Waals surface area contributed by atoms with E-state index in [1.807, 2.05) is 0 Å². The molecule has 0 aliphatic carbocycles. The maximum absolute atomic E-state index is 12.6. The molecule has 0 unspecified atom stereocenters. The van der Waals surface area contributed by atoms with Crippen molar-refractivity contribution in [2.24, 2.45) is 14.1 Å². The number of nitrogens with zero attached hydrogens (tertiary/aromatic N) is 4. The van der Waals surface area contributed by atoms with Gasteiger partial charge in [0.15, 0.2) is 5.65 Å². The Balaban J connectivity index is 2.61. The van der Waals surface area contributed by atoms with Crippen LogP contribution in [0.2, 0.25) is 0 Å². The zero-order valence-electron chi connectivity index (χ0n) is 14.9. The first kappa shape index (κ1) is 19.2. The third-order valence-electron chi connectivity index (χ3n) is 3.70. The van der Waals surface area contributed by atoms with Gasteiger partial charge in [0, 0.05) is 20.5 Å². The second-order valence-electron chi connectivity index (χ2n) is 5.55. The molecule has 2 aromatic rings. The van der Waals surface area contributed by atoms with Crippen LogP contribution in [0.5, 0.6) is 0 Å². The minimum Gasteiger partial charge on any atom is -0.465 e. The summed E-state index contributed by atoms with van der Waals surface area (Å²) in [5.41, 5.74) is -0.619. The number of rotatable bonds is 7. The van der Waals surface area contributed by atoms with Crippen molar-refractivity contribution in [3.8, 4) is 0 Å². The van der Waals surface area contributed by atoms with Crippen molar-refractivity contribution in [2.45, 2.75) is 38.1 Å². The first-order valence-electron chi connectivity index (χ1n) is 8.15. The Labute approximate surface area is 149 Å². The largest absolute Gasteiger partial charge is 0.465 e. The Kier molecular flexibility index (Phi) is 6.35. The summed E-state index contributed by atoms with van der Waals surface area (Å²) in [6, 6.07) is 0. The van der Waals surface area contributed by atoms with Crippen molar-refractivity contribution >= 4 is 28.8 Å². The standard InChI is InChI=1S/C16H22N4O4S/c1-5-7-8-10-17-13-12(15(22)20(4)16(23)19(13)3)14(18-10)25-9-11(21)24-6-2/h5-9H2,1-4H3. The van der Waals surface area contributed by atoms with Crippen LogP contribution in [0.1, 0.15) is 32.5 Å². The van der Waals surface area contributed by atoms with Crippen LogP contribution >= 0.6 is 11.8 Å². The first-order valence-corrected chi connectivity index (χ1v) is 9.14. The Morgan fingerprint density at radius 2 is 1.88 bits per heavy atom. The number of ether oxygens (including phenoxy) is 1. The topological polar surface area (TPSA) is 96.1 Å². The second-order valence-corrected chi connectivity index (χ2v) is 6.51. The number of carbonyl (C=O) groups is 1. The van der Waals surface area contributed by atoms with Crippen LogP contribution < -0.4 is 11.2 Å². The van der Waals surface area contributed by atoms with Gasteiger partial charge in [-0.15, -0.1) is 0 Å². The Hall–Kier alpha value is -2.16. The van der Waals surface area contributed by atoms with Gasteiger partial charge in [0.25, 0.3) is 5.56 Å². The molecule has 0 bridgehead atoms. The fraction of sp³-hybridized carbons (Fsp3) is 0.562. The number of hydrogen-bond acceptors (Lipinski definition) is 7. The summed E-state index contributed by atoms with van der Waals surface area (Å²) in [7, 11) is 2.98. The Bertz CT molecular complexity index is 904. The molecule has 136 valence electrons. The average molecular weight is 366 g/mol. The zero-order chi connectivity index (χ0) is 18.6. The van der Waals surface area contributed by atoms with E-state index in [9.17, 15) is 14.4 Å². The quantitative estimate of drug-likeness (QED) is 0.410. The highest BCUT2D eigenvalue weighted by molar-refractivity contribution is 8.00. The monoisotopic (exact) mass is 366 g/mol. The van der Waals surface area contributed by atoms with E-state index < -0.39 is 11.2 Å². The van der Waals surface area contributed by atoms with Crippen molar-refractivity contribution < 1.29 is 9.53 Å². The first-order chi connectivity index (χ1) is 11.9. The van der Waals surface area contributed by atoms with E-state index in [-0.39, 0.29) is 17.1 Å². The van der Waals surface area contributed by atoms with Gasteiger partial charge in [-0.3, -0.25) is 18.7 Å². The minimum absolute atomic E-state index is 0.0408. The van der Waals surface area contributed by atoms with Crippen molar-refractivity contribution in [2.75, 3.05) is 12.4 Å². The molecule has 0 N–H and O–H groups in total. The molecule has 8 nitrogen and oxygen atoms in total. The average Bonchev–Trinajstić information content (AvgIpc) is 2.60. The molecule has 0 aliphatic heterocycles. The summed E-state index contributed by atoms with van der Waals surface area (Å²) in [6.45, 7) is 4.09. The van der Waals surface area contributed by atoms with Gasteiger partial charge in [-0.2, -0.15) is 0 Å². The van der Waals surface area contributed by atoms with Gasteiger partial charge in [0.1, 0.15) is 16.2 Å². The van der Waals surface area contributed by atoms with Gasteiger partial charge in [-0.25, -0.2) is 14.8 Å². The van der Waals surface area contributed by atoms with E-state index in [2.05, 4.69) is 16.9 Å². The van der Waals surface area contributed by atoms with Crippen LogP contribution in [0.4, 0.5) is 0 Å². The molecule has 2 rings (SSSR count). The van der Waals surface area contributed by atoms with Gasteiger partial charge >= 0.3 is 11.7 Å². The molecule has 0 atom stereocenters. The normalized spacial score (nSPS) is 11.0. The van der Waals surface area contributed by atoms with Crippen LogP contribution in [0, 0.1) is 0 Å². The SMILES string of the molecule is CCCCc1nc(SCC(=O)OCC)c2c(=O)n(C)c(=O)n(C)c2n1. The van der Waals surface area contributed by atoms with E-state index in [1.165, 1.54) is 11.6 Å². The number of aryl methyl sites for hydroxylation is 2. The fourth-order valence-corrected chi connectivity index (χ4v) is 3.18. The molecule has 0 radical (unpaired) electrons. The van der Waals surface area contributed by atoms with Gasteiger partial charge in [0.2, 0.25) is 0 Å². The van der Waals surface area contributed by atoms with Gasteiger partial charge in [0.05, 0.1) is 12.4 Å². The predicted octanol–water partition coefficient (Wildman–Crippen LogP) is 1.02. The van der Waals surface area contributed by atoms with Crippen molar-refractivity contribution in [3.63, 3.8) is 0 Å². The number of hydrogen-bond donors (Lipinski definition) is 0. The second kappa shape index (κ2) is 8.28. The molecule has 0 aliphatic rings. The lowest BCUT2D eigenvalue weighted by molar-refractivity contribution is -0.139. The van der Waals surface area contributed by atoms with E-state index in [1.54, 1.807) is 14.0 Å². The molecular weight excluding hydrogens is 344 g/mol. The molecular formula is C16H22N4O4S. The third-order valence-corrected chi connectivity index (χ3v) is 4.65. The van der Waals surface area contributed by atoms with E-state index in [0.29, 0.717) is 29.5 Å². The van der Waals surface area contributed by atoms with Gasteiger partial charge in [-0.1, -0.05) is 25.1 Å².